The van der Waals surface area contributed by atoms with E-state index in [1.807, 2.05) is 0 Å². The molecule has 0 bridgehead atoms. The van der Waals surface area contributed by atoms with Crippen molar-refractivity contribution < 1.29 is 0 Å². The maximum atomic E-state index is 12.7. The van der Waals surface area contributed by atoms with Crippen LogP contribution in [0.4, 0.5) is 5.69 Å². The van der Waals surface area contributed by atoms with Crippen molar-refractivity contribution in [1.82, 2.24) is 18.3 Å². The SMILES string of the molecule is [C-]#[N+]c1c(-n2c3ccccc3c3ccccc32)c(C#N)c(-n2c3ccccc3c3ccc4sc5ccccc5c4c32)c(-n2c3ccccc3c3ccccc32)c1-n1c2ccccc2c2ccc3sc4ccccc4c3c21. The fraction of sp³-hybridized carbons (Fsp3) is 0. The highest BCUT2D eigenvalue weighted by molar-refractivity contribution is 7.26. The molecule has 0 amide bonds. The van der Waals surface area contributed by atoms with Gasteiger partial charge in [0, 0.05) is 83.4 Å². The lowest BCUT2D eigenvalue weighted by Crippen LogP contribution is -2.14. The summed E-state index contributed by atoms with van der Waals surface area (Å²) in [5.74, 6) is 0. The van der Waals surface area contributed by atoms with Gasteiger partial charge < -0.3 is 18.3 Å². The Morgan fingerprint density at radius 3 is 1.04 bits per heavy atom. The van der Waals surface area contributed by atoms with Crippen LogP contribution in [0.25, 0.3) is 155 Å². The highest BCUT2D eigenvalue weighted by atomic mass is 32.1. The van der Waals surface area contributed by atoms with Crippen molar-refractivity contribution in [2.24, 2.45) is 0 Å². The van der Waals surface area contributed by atoms with Crippen LogP contribution in [0.1, 0.15) is 5.56 Å². The molecule has 0 spiro atoms. The van der Waals surface area contributed by atoms with E-state index in [2.05, 4.69) is 243 Å². The van der Waals surface area contributed by atoms with Gasteiger partial charge in [-0.3, -0.25) is 0 Å². The van der Waals surface area contributed by atoms with Crippen molar-refractivity contribution >= 4 is 156 Å². The Morgan fingerprint density at radius 1 is 0.316 bits per heavy atom. The Balaban J connectivity index is 1.24. The summed E-state index contributed by atoms with van der Waals surface area (Å²) < 4.78 is 14.1. The summed E-state index contributed by atoms with van der Waals surface area (Å²) in [6.07, 6.45) is 0. The van der Waals surface area contributed by atoms with Gasteiger partial charge in [0.05, 0.1) is 79.0 Å². The molecule has 17 aromatic rings. The van der Waals surface area contributed by atoms with Gasteiger partial charge in [-0.1, -0.05) is 158 Å². The van der Waals surface area contributed by atoms with Crippen molar-refractivity contribution in [3.05, 3.63) is 235 Å². The Hall–Kier alpha value is -9.96. The Labute approximate surface area is 441 Å². The van der Waals surface area contributed by atoms with Crippen LogP contribution in [-0.4, -0.2) is 18.3 Å². The molecule has 0 atom stereocenters. The molecular weight excluding hydrogens is 965 g/mol. The minimum atomic E-state index is 0.370. The highest BCUT2D eigenvalue weighted by Crippen LogP contribution is 2.54. The third-order valence-electron chi connectivity index (χ3n) is 16.0. The van der Waals surface area contributed by atoms with Crippen LogP contribution in [0.2, 0.25) is 0 Å². The smallest absolute Gasteiger partial charge is 0.237 e. The maximum absolute atomic E-state index is 12.7. The number of rotatable bonds is 4. The number of hydrogen-bond donors (Lipinski definition) is 0. The van der Waals surface area contributed by atoms with Crippen LogP contribution in [0.5, 0.6) is 0 Å². The minimum Gasteiger partial charge on any atom is -0.318 e. The molecule has 0 saturated heterocycles. The third-order valence-corrected chi connectivity index (χ3v) is 18.3. The quantitative estimate of drug-likeness (QED) is 0.162. The van der Waals surface area contributed by atoms with Crippen molar-refractivity contribution in [3.8, 4) is 28.8 Å². The molecule has 6 nitrogen and oxygen atoms in total. The molecule has 17 rings (SSSR count). The number of para-hydroxylation sites is 6. The standard InChI is InChI=1S/C68H36N6S2/c1-70-62-65(71-50-26-10-2-18-39(50)40-19-3-11-27-51(40)71)49(38-69)66(73-54-30-14-6-22-43(54)45-34-36-58-60(63(45)73)47-24-8-16-32-56(47)75-58)68(72-52-28-12-4-20-41(52)42-21-5-13-29-53(42)72)67(62)74-55-31-15-7-23-44(55)46-35-37-59-61(64(46)74)48-25-9-17-33-57(48)76-59/h2-37H. The zero-order valence-electron chi connectivity index (χ0n) is 40.3. The second-order valence-corrected chi connectivity index (χ2v) is 21.8. The van der Waals surface area contributed by atoms with Gasteiger partial charge in [-0.05, 0) is 60.7 Å². The van der Waals surface area contributed by atoms with E-state index in [0.717, 1.165) is 124 Å². The molecule has 350 valence electrons. The number of hydrogen-bond acceptors (Lipinski definition) is 3. The van der Waals surface area contributed by atoms with E-state index in [9.17, 15) is 11.8 Å². The second kappa shape index (κ2) is 15.3. The molecule has 6 heterocycles. The average molecular weight is 1000 g/mol. The molecular formula is C68H36N6S2. The summed E-state index contributed by atoms with van der Waals surface area (Å²) >= 11 is 3.59. The van der Waals surface area contributed by atoms with Crippen molar-refractivity contribution in [3.63, 3.8) is 0 Å². The minimum absolute atomic E-state index is 0.370. The normalized spacial score (nSPS) is 12.2. The molecule has 0 saturated carbocycles. The van der Waals surface area contributed by atoms with Crippen LogP contribution in [0, 0.1) is 17.9 Å². The lowest BCUT2D eigenvalue weighted by molar-refractivity contribution is 1.04. The predicted octanol–water partition coefficient (Wildman–Crippen LogP) is 19.2. The predicted molar refractivity (Wildman–Crippen MR) is 321 cm³/mol. The summed E-state index contributed by atoms with van der Waals surface area (Å²) in [7, 11) is 0. The molecule has 11 aromatic carbocycles. The zero-order valence-corrected chi connectivity index (χ0v) is 41.9. The number of nitrogens with zero attached hydrogens (tertiary/aromatic N) is 6. The molecule has 6 aromatic heterocycles. The fourth-order valence-electron chi connectivity index (χ4n) is 13.1. The van der Waals surface area contributed by atoms with Crippen molar-refractivity contribution in [1.29, 1.82) is 5.26 Å². The maximum Gasteiger partial charge on any atom is 0.237 e. The zero-order chi connectivity index (χ0) is 49.9. The molecule has 0 aliphatic rings. The van der Waals surface area contributed by atoms with E-state index < -0.39 is 0 Å². The van der Waals surface area contributed by atoms with Crippen LogP contribution in [0.3, 0.4) is 0 Å². The summed E-state index contributed by atoms with van der Waals surface area (Å²) in [6.45, 7) is 9.91. The Kier molecular flexibility index (Phi) is 8.36. The van der Waals surface area contributed by atoms with Gasteiger partial charge in [0.2, 0.25) is 5.69 Å². The first-order valence-corrected chi connectivity index (χ1v) is 27.0. The van der Waals surface area contributed by atoms with E-state index >= 15 is 0 Å². The van der Waals surface area contributed by atoms with Crippen molar-refractivity contribution in [2.75, 3.05) is 0 Å². The first kappa shape index (κ1) is 41.5. The number of nitriles is 1. The molecule has 0 N–H and O–H groups in total. The number of benzene rings is 11. The van der Waals surface area contributed by atoms with Crippen LogP contribution in [0.15, 0.2) is 218 Å². The molecule has 0 unspecified atom stereocenters. The highest BCUT2D eigenvalue weighted by Gasteiger charge is 2.35. The largest absolute Gasteiger partial charge is 0.318 e. The summed E-state index contributed by atoms with van der Waals surface area (Å²) in [5, 5.41) is 25.8. The number of thiophene rings is 2. The lowest BCUT2D eigenvalue weighted by Gasteiger charge is -2.27. The molecule has 76 heavy (non-hydrogen) atoms. The monoisotopic (exact) mass is 1000 g/mol. The fourth-order valence-corrected chi connectivity index (χ4v) is 15.3. The van der Waals surface area contributed by atoms with Crippen molar-refractivity contribution in [2.45, 2.75) is 0 Å². The Bertz CT molecular complexity index is 5190. The van der Waals surface area contributed by atoms with Crippen LogP contribution in [-0.2, 0) is 0 Å². The van der Waals surface area contributed by atoms with Gasteiger partial charge in [0.25, 0.3) is 0 Å². The number of aromatic nitrogens is 4. The van der Waals surface area contributed by atoms with E-state index in [0.29, 0.717) is 28.3 Å². The van der Waals surface area contributed by atoms with E-state index in [-0.39, 0.29) is 0 Å². The summed E-state index contributed by atoms with van der Waals surface area (Å²) in [6, 6.07) is 80.8. The van der Waals surface area contributed by atoms with Gasteiger partial charge in [0.1, 0.15) is 6.07 Å². The van der Waals surface area contributed by atoms with Gasteiger partial charge >= 0.3 is 0 Å². The lowest BCUT2D eigenvalue weighted by atomic mass is 10.0. The van der Waals surface area contributed by atoms with E-state index in [4.69, 9.17) is 4.85 Å². The molecule has 8 heteroatoms. The summed E-state index contributed by atoms with van der Waals surface area (Å²) in [4.78, 5) is 4.85. The molecule has 0 fully saturated rings. The van der Waals surface area contributed by atoms with Gasteiger partial charge in [0.15, 0.2) is 0 Å². The molecule has 0 aliphatic heterocycles. The second-order valence-electron chi connectivity index (χ2n) is 19.7. The molecule has 0 radical (unpaired) electrons. The first-order valence-electron chi connectivity index (χ1n) is 25.4. The van der Waals surface area contributed by atoms with Crippen LogP contribution >= 0.6 is 22.7 Å². The topological polar surface area (TPSA) is 47.9 Å². The number of fused-ring (bicyclic) bond motifs is 20. The van der Waals surface area contributed by atoms with Gasteiger partial charge in [-0.2, -0.15) is 5.26 Å². The van der Waals surface area contributed by atoms with Gasteiger partial charge in [-0.15, -0.1) is 22.7 Å². The average Bonchev–Trinajstić information content (AvgIpc) is 4.44. The summed E-state index contributed by atoms with van der Waals surface area (Å²) in [5.41, 5.74) is 11.1. The third kappa shape index (κ3) is 5.26. The van der Waals surface area contributed by atoms with E-state index in [1.54, 1.807) is 22.7 Å². The first-order chi connectivity index (χ1) is 37.7. The van der Waals surface area contributed by atoms with Gasteiger partial charge in [-0.25, -0.2) is 4.85 Å². The van der Waals surface area contributed by atoms with E-state index in [1.165, 1.54) is 9.40 Å². The Morgan fingerprint density at radius 2 is 0.645 bits per heavy atom. The molecule has 0 aliphatic carbocycles. The van der Waals surface area contributed by atoms with Crippen LogP contribution < -0.4 is 0 Å².